The van der Waals surface area contributed by atoms with Crippen LogP contribution in [0.5, 0.6) is 0 Å². The van der Waals surface area contributed by atoms with Gasteiger partial charge in [-0.2, -0.15) is 5.10 Å². The number of hydrogen-bond acceptors (Lipinski definition) is 6. The van der Waals surface area contributed by atoms with Crippen LogP contribution >= 0.6 is 0 Å². The highest BCUT2D eigenvalue weighted by molar-refractivity contribution is 6.02. The molecule has 0 aliphatic carbocycles. The summed E-state index contributed by atoms with van der Waals surface area (Å²) in [4.78, 5) is 37.4. The molecule has 0 aliphatic rings. The number of benzene rings is 2. The molecule has 0 atom stereocenters. The van der Waals surface area contributed by atoms with E-state index in [1.807, 2.05) is 26.0 Å². The van der Waals surface area contributed by atoms with Crippen LogP contribution in [-0.2, 0) is 17.9 Å². The van der Waals surface area contributed by atoms with Gasteiger partial charge in [0.2, 0.25) is 0 Å². The molecule has 0 fully saturated rings. The second-order valence-electron chi connectivity index (χ2n) is 7.09. The van der Waals surface area contributed by atoms with Crippen LogP contribution in [0.1, 0.15) is 35.0 Å². The number of carbonyl (C=O) groups is 1. The summed E-state index contributed by atoms with van der Waals surface area (Å²) in [5.74, 6) is -0.662. The Kier molecular flexibility index (Phi) is 5.18. The van der Waals surface area contributed by atoms with E-state index in [1.165, 1.54) is 10.7 Å². The van der Waals surface area contributed by atoms with Crippen molar-refractivity contribution in [3.05, 3.63) is 86.1 Å². The van der Waals surface area contributed by atoms with E-state index in [0.29, 0.717) is 40.3 Å². The van der Waals surface area contributed by atoms with Crippen LogP contribution in [0.25, 0.3) is 21.7 Å². The van der Waals surface area contributed by atoms with Crippen molar-refractivity contribution in [2.75, 3.05) is 0 Å². The fourth-order valence-corrected chi connectivity index (χ4v) is 3.42. The number of ether oxygens (including phenoxy) is 1. The van der Waals surface area contributed by atoms with E-state index in [2.05, 4.69) is 5.10 Å². The van der Waals surface area contributed by atoms with Gasteiger partial charge >= 0.3 is 11.6 Å². The fraction of sp³-hybridized carbons (Fsp3) is 0.217. The molecule has 7 nitrogen and oxygen atoms in total. The van der Waals surface area contributed by atoms with Gasteiger partial charge < -0.3 is 9.15 Å². The van der Waals surface area contributed by atoms with Crippen molar-refractivity contribution in [1.82, 2.24) is 9.78 Å². The van der Waals surface area contributed by atoms with Crippen LogP contribution in [0.3, 0.4) is 0 Å². The lowest BCUT2D eigenvalue weighted by molar-refractivity contribution is 0.0466. The molecule has 30 heavy (non-hydrogen) atoms. The van der Waals surface area contributed by atoms with Gasteiger partial charge in [-0.05, 0) is 31.0 Å². The molecule has 0 bridgehead atoms. The topological polar surface area (TPSA) is 91.4 Å². The Morgan fingerprint density at radius 2 is 1.83 bits per heavy atom. The average molecular weight is 404 g/mol. The summed E-state index contributed by atoms with van der Waals surface area (Å²) in [7, 11) is 0. The van der Waals surface area contributed by atoms with Crippen LogP contribution in [-0.4, -0.2) is 15.7 Å². The molecule has 0 unspecified atom stereocenters. The standard InChI is InChI=1S/C23H20N2O5/c1-3-10-25-22(27)18-7-5-4-6-17(18)21(24-25)23(28)29-13-15-12-20(26)30-19-11-14(2)8-9-16(15)19/h4-9,11-12H,3,10,13H2,1-2H3. The number of hydrogen-bond donors (Lipinski definition) is 0. The normalized spacial score (nSPS) is 11.1. The van der Waals surface area contributed by atoms with Crippen molar-refractivity contribution in [2.45, 2.75) is 33.4 Å². The van der Waals surface area contributed by atoms with Crippen molar-refractivity contribution < 1.29 is 13.9 Å². The Labute approximate surface area is 171 Å². The van der Waals surface area contributed by atoms with Crippen LogP contribution in [0.4, 0.5) is 0 Å². The zero-order chi connectivity index (χ0) is 21.3. The number of esters is 1. The molecule has 152 valence electrons. The smallest absolute Gasteiger partial charge is 0.359 e. The molecule has 0 spiro atoms. The lowest BCUT2D eigenvalue weighted by Gasteiger charge is -2.11. The Balaban J connectivity index is 1.71. The number of rotatable bonds is 5. The second-order valence-corrected chi connectivity index (χ2v) is 7.09. The zero-order valence-electron chi connectivity index (χ0n) is 16.7. The van der Waals surface area contributed by atoms with Gasteiger partial charge in [0.05, 0.1) is 5.39 Å². The van der Waals surface area contributed by atoms with Crippen molar-refractivity contribution >= 4 is 27.7 Å². The van der Waals surface area contributed by atoms with Crippen molar-refractivity contribution in [3.63, 3.8) is 0 Å². The predicted molar refractivity (Wildman–Crippen MR) is 113 cm³/mol. The van der Waals surface area contributed by atoms with Crippen molar-refractivity contribution in [2.24, 2.45) is 0 Å². The molecular formula is C23H20N2O5. The number of fused-ring (bicyclic) bond motifs is 2. The fourth-order valence-electron chi connectivity index (χ4n) is 3.42. The van der Waals surface area contributed by atoms with Crippen molar-refractivity contribution in [1.29, 1.82) is 0 Å². The highest BCUT2D eigenvalue weighted by Gasteiger charge is 2.18. The maximum atomic E-state index is 12.9. The summed E-state index contributed by atoms with van der Waals surface area (Å²) in [6.45, 7) is 4.10. The minimum atomic E-state index is -0.662. The van der Waals surface area contributed by atoms with Crippen LogP contribution < -0.4 is 11.2 Å². The van der Waals surface area contributed by atoms with E-state index < -0.39 is 11.6 Å². The molecule has 0 aliphatic heterocycles. The molecule has 0 saturated heterocycles. The Morgan fingerprint density at radius 3 is 2.60 bits per heavy atom. The molecule has 2 heterocycles. The Hall–Kier alpha value is -3.74. The van der Waals surface area contributed by atoms with Crippen LogP contribution in [0.15, 0.2) is 62.5 Å². The average Bonchev–Trinajstić information content (AvgIpc) is 2.73. The second kappa shape index (κ2) is 7.94. The molecule has 0 radical (unpaired) electrons. The van der Waals surface area contributed by atoms with E-state index in [4.69, 9.17) is 9.15 Å². The first-order chi connectivity index (χ1) is 14.5. The molecule has 2 aromatic heterocycles. The SMILES string of the molecule is CCCn1nc(C(=O)OCc2cc(=O)oc3cc(C)ccc23)c2ccccc2c1=O. The lowest BCUT2D eigenvalue weighted by atomic mass is 10.1. The summed E-state index contributed by atoms with van der Waals surface area (Å²) in [6.07, 6.45) is 0.699. The summed E-state index contributed by atoms with van der Waals surface area (Å²) in [5.41, 5.74) is 1.25. The highest BCUT2D eigenvalue weighted by Crippen LogP contribution is 2.20. The zero-order valence-corrected chi connectivity index (χ0v) is 16.7. The quantitative estimate of drug-likeness (QED) is 0.373. The monoisotopic (exact) mass is 404 g/mol. The maximum Gasteiger partial charge on any atom is 0.359 e. The van der Waals surface area contributed by atoms with Crippen LogP contribution in [0.2, 0.25) is 0 Å². The van der Waals surface area contributed by atoms with Gasteiger partial charge in [0.15, 0.2) is 5.69 Å². The van der Waals surface area contributed by atoms with Gasteiger partial charge in [0, 0.05) is 28.9 Å². The molecule has 0 N–H and O–H groups in total. The molecule has 0 amide bonds. The predicted octanol–water partition coefficient (Wildman–Crippen LogP) is 3.58. The van der Waals surface area contributed by atoms with Gasteiger partial charge in [-0.3, -0.25) is 4.79 Å². The van der Waals surface area contributed by atoms with E-state index >= 15 is 0 Å². The number of nitrogens with zero attached hydrogens (tertiary/aromatic N) is 2. The summed E-state index contributed by atoms with van der Waals surface area (Å²) in [5, 5.41) is 5.79. The van der Waals surface area contributed by atoms with E-state index in [0.717, 1.165) is 5.56 Å². The third-order valence-electron chi connectivity index (χ3n) is 4.84. The van der Waals surface area contributed by atoms with E-state index in [-0.39, 0.29) is 17.9 Å². The first kappa shape index (κ1) is 19.6. The molecule has 4 aromatic rings. The van der Waals surface area contributed by atoms with E-state index in [1.54, 1.807) is 30.3 Å². The first-order valence-corrected chi connectivity index (χ1v) is 9.68. The van der Waals surface area contributed by atoms with Crippen LogP contribution in [0, 0.1) is 6.92 Å². The lowest BCUT2D eigenvalue weighted by Crippen LogP contribution is -2.26. The Morgan fingerprint density at radius 1 is 1.07 bits per heavy atom. The highest BCUT2D eigenvalue weighted by atomic mass is 16.5. The summed E-state index contributed by atoms with van der Waals surface area (Å²) >= 11 is 0. The minimum absolute atomic E-state index is 0.0711. The van der Waals surface area contributed by atoms with Gasteiger partial charge in [-0.25, -0.2) is 14.3 Å². The molecule has 7 heteroatoms. The van der Waals surface area contributed by atoms with Gasteiger partial charge in [-0.1, -0.05) is 37.3 Å². The van der Waals surface area contributed by atoms with Crippen molar-refractivity contribution in [3.8, 4) is 0 Å². The largest absolute Gasteiger partial charge is 0.456 e. The number of carbonyl (C=O) groups excluding carboxylic acids is 1. The molecule has 0 saturated carbocycles. The van der Waals surface area contributed by atoms with Gasteiger partial charge in [0.25, 0.3) is 5.56 Å². The summed E-state index contributed by atoms with van der Waals surface area (Å²) in [6, 6.07) is 13.6. The number of aromatic nitrogens is 2. The van der Waals surface area contributed by atoms with Gasteiger partial charge in [-0.15, -0.1) is 0 Å². The van der Waals surface area contributed by atoms with E-state index in [9.17, 15) is 14.4 Å². The number of aryl methyl sites for hydroxylation is 2. The molecular weight excluding hydrogens is 384 g/mol. The molecule has 2 aromatic carbocycles. The third kappa shape index (κ3) is 3.61. The summed E-state index contributed by atoms with van der Waals surface area (Å²) < 4.78 is 12.0. The maximum absolute atomic E-state index is 12.9. The third-order valence-corrected chi connectivity index (χ3v) is 4.84. The van der Waals surface area contributed by atoms with Gasteiger partial charge in [0.1, 0.15) is 12.2 Å². The first-order valence-electron chi connectivity index (χ1n) is 9.68. The molecule has 4 rings (SSSR count). The Bertz CT molecular complexity index is 1380. The minimum Gasteiger partial charge on any atom is -0.456 e.